The topological polar surface area (TPSA) is 85.0 Å². The van der Waals surface area contributed by atoms with Crippen LogP contribution in [-0.4, -0.2) is 43.8 Å². The van der Waals surface area contributed by atoms with Crippen molar-refractivity contribution in [2.45, 2.75) is 17.9 Å². The van der Waals surface area contributed by atoms with Crippen molar-refractivity contribution in [2.75, 3.05) is 26.2 Å². The zero-order valence-corrected chi connectivity index (χ0v) is 16.4. The molecule has 1 atom stereocenters. The lowest BCUT2D eigenvalue weighted by atomic mass is 10.1. The number of rotatable bonds is 5. The van der Waals surface area contributed by atoms with E-state index in [4.69, 9.17) is 11.6 Å². The third kappa shape index (κ3) is 3.98. The summed E-state index contributed by atoms with van der Waals surface area (Å²) in [4.78, 5) is 11.5. The Labute approximate surface area is 163 Å². The van der Waals surface area contributed by atoms with Crippen molar-refractivity contribution in [3.05, 3.63) is 69.2 Å². The van der Waals surface area contributed by atoms with Gasteiger partial charge in [0.15, 0.2) is 4.90 Å². The lowest BCUT2D eigenvalue weighted by molar-refractivity contribution is -0.933. The van der Waals surface area contributed by atoms with E-state index in [1.54, 1.807) is 0 Å². The number of nitrogens with one attached hydrogen (secondary N) is 1. The molecule has 7 nitrogen and oxygen atoms in total. The van der Waals surface area contributed by atoms with Crippen molar-refractivity contribution in [3.63, 3.8) is 0 Å². The van der Waals surface area contributed by atoms with Crippen molar-refractivity contribution in [1.29, 1.82) is 0 Å². The minimum Gasteiger partial charge on any atom is -0.327 e. The number of nitro groups is 1. The quantitative estimate of drug-likeness (QED) is 0.602. The predicted octanol–water partition coefficient (Wildman–Crippen LogP) is 1.90. The normalized spacial score (nSPS) is 17.6. The summed E-state index contributed by atoms with van der Waals surface area (Å²) in [7, 11) is -3.91. The SMILES string of the molecule is C[C@@H](c1ccccc1Cl)[NH+]1CCN(S(=O)(=O)c2ccccc2[N+](=O)[O-])CC1. The Morgan fingerprint density at radius 1 is 1.11 bits per heavy atom. The maximum atomic E-state index is 12.9. The largest absolute Gasteiger partial charge is 0.327 e. The smallest absolute Gasteiger partial charge is 0.289 e. The van der Waals surface area contributed by atoms with Crippen LogP contribution in [0.5, 0.6) is 0 Å². The Hall–Kier alpha value is -2.00. The molecule has 0 radical (unpaired) electrons. The van der Waals surface area contributed by atoms with Crippen molar-refractivity contribution < 1.29 is 18.2 Å². The second kappa shape index (κ2) is 7.93. The molecular weight excluding hydrogens is 390 g/mol. The summed E-state index contributed by atoms with van der Waals surface area (Å²) < 4.78 is 27.1. The number of quaternary nitrogens is 1. The number of nitrogens with zero attached hydrogens (tertiary/aromatic N) is 2. The first-order chi connectivity index (χ1) is 12.8. The molecular formula is C18H21ClN3O4S+. The predicted molar refractivity (Wildman–Crippen MR) is 102 cm³/mol. The molecule has 0 aromatic heterocycles. The Kier molecular flexibility index (Phi) is 5.81. The van der Waals surface area contributed by atoms with Crippen molar-refractivity contribution >= 4 is 27.3 Å². The highest BCUT2D eigenvalue weighted by molar-refractivity contribution is 7.89. The molecule has 144 valence electrons. The number of halogens is 1. The van der Waals surface area contributed by atoms with Crippen LogP contribution in [0.2, 0.25) is 5.02 Å². The second-order valence-electron chi connectivity index (χ2n) is 6.53. The molecule has 0 amide bonds. The molecule has 0 spiro atoms. The number of hydrogen-bond donors (Lipinski definition) is 1. The molecule has 1 fully saturated rings. The molecule has 2 aromatic carbocycles. The summed E-state index contributed by atoms with van der Waals surface area (Å²) in [6.45, 7) is 3.89. The maximum Gasteiger partial charge on any atom is 0.289 e. The maximum absolute atomic E-state index is 12.9. The summed E-state index contributed by atoms with van der Waals surface area (Å²) in [5.41, 5.74) is 0.640. The lowest BCUT2D eigenvalue weighted by Crippen LogP contribution is -3.14. The van der Waals surface area contributed by atoms with E-state index in [-0.39, 0.29) is 10.9 Å². The van der Waals surface area contributed by atoms with Gasteiger partial charge in [0.1, 0.15) is 6.04 Å². The fraction of sp³-hybridized carbons (Fsp3) is 0.333. The van der Waals surface area contributed by atoms with E-state index >= 15 is 0 Å². The van der Waals surface area contributed by atoms with Crippen LogP contribution in [0.1, 0.15) is 18.5 Å². The first-order valence-corrected chi connectivity index (χ1v) is 10.5. The van der Waals surface area contributed by atoms with E-state index in [1.807, 2.05) is 24.3 Å². The van der Waals surface area contributed by atoms with Gasteiger partial charge in [0.05, 0.1) is 31.1 Å². The van der Waals surface area contributed by atoms with E-state index in [0.29, 0.717) is 31.2 Å². The Morgan fingerprint density at radius 3 is 2.33 bits per heavy atom. The van der Waals surface area contributed by atoms with E-state index in [9.17, 15) is 18.5 Å². The Balaban J connectivity index is 1.76. The first kappa shape index (κ1) is 19.8. The molecule has 1 aliphatic rings. The zero-order valence-electron chi connectivity index (χ0n) is 14.8. The minimum absolute atomic E-state index is 0.134. The van der Waals surface area contributed by atoms with Crippen LogP contribution in [0.3, 0.4) is 0 Å². The monoisotopic (exact) mass is 410 g/mol. The average Bonchev–Trinajstić information content (AvgIpc) is 2.68. The molecule has 27 heavy (non-hydrogen) atoms. The highest BCUT2D eigenvalue weighted by Crippen LogP contribution is 2.26. The highest BCUT2D eigenvalue weighted by Gasteiger charge is 2.36. The van der Waals surface area contributed by atoms with Gasteiger partial charge in [0.25, 0.3) is 5.69 Å². The molecule has 3 rings (SSSR count). The number of benzene rings is 2. The number of para-hydroxylation sites is 1. The average molecular weight is 411 g/mol. The first-order valence-electron chi connectivity index (χ1n) is 8.65. The fourth-order valence-corrected chi connectivity index (χ4v) is 5.36. The Morgan fingerprint density at radius 2 is 1.70 bits per heavy atom. The number of sulfonamides is 1. The van der Waals surface area contributed by atoms with Crippen LogP contribution in [0.25, 0.3) is 0 Å². The van der Waals surface area contributed by atoms with Crippen LogP contribution < -0.4 is 4.90 Å². The third-order valence-electron chi connectivity index (χ3n) is 5.03. The molecule has 1 saturated heterocycles. The van der Waals surface area contributed by atoms with Crippen LogP contribution in [0.4, 0.5) is 5.69 Å². The fourth-order valence-electron chi connectivity index (χ4n) is 3.46. The van der Waals surface area contributed by atoms with Gasteiger partial charge in [-0.25, -0.2) is 8.42 Å². The summed E-state index contributed by atoms with van der Waals surface area (Å²) in [6, 6.07) is 13.3. The minimum atomic E-state index is -3.91. The van der Waals surface area contributed by atoms with Gasteiger partial charge in [-0.3, -0.25) is 10.1 Å². The van der Waals surface area contributed by atoms with Crippen LogP contribution in [0.15, 0.2) is 53.4 Å². The number of hydrogen-bond acceptors (Lipinski definition) is 4. The van der Waals surface area contributed by atoms with E-state index < -0.39 is 20.6 Å². The molecule has 9 heteroatoms. The van der Waals surface area contributed by atoms with Crippen LogP contribution >= 0.6 is 11.6 Å². The molecule has 1 N–H and O–H groups in total. The van der Waals surface area contributed by atoms with Crippen LogP contribution in [0, 0.1) is 10.1 Å². The van der Waals surface area contributed by atoms with Crippen molar-refractivity contribution in [1.82, 2.24) is 4.31 Å². The van der Waals surface area contributed by atoms with Gasteiger partial charge in [-0.2, -0.15) is 4.31 Å². The summed E-state index contributed by atoms with van der Waals surface area (Å²) in [5, 5.41) is 11.9. The summed E-state index contributed by atoms with van der Waals surface area (Å²) in [6.07, 6.45) is 0. The van der Waals surface area contributed by atoms with Gasteiger partial charge in [-0.05, 0) is 19.1 Å². The van der Waals surface area contributed by atoms with Crippen molar-refractivity contribution in [3.8, 4) is 0 Å². The molecule has 2 aromatic rings. The zero-order chi connectivity index (χ0) is 19.6. The van der Waals surface area contributed by atoms with Crippen LogP contribution in [-0.2, 0) is 10.0 Å². The van der Waals surface area contributed by atoms with Gasteiger partial charge in [-0.15, -0.1) is 0 Å². The summed E-state index contributed by atoms with van der Waals surface area (Å²) in [5.74, 6) is 0. The van der Waals surface area contributed by atoms with E-state index in [2.05, 4.69) is 6.92 Å². The van der Waals surface area contributed by atoms with Gasteiger partial charge in [0, 0.05) is 16.7 Å². The Bertz CT molecular complexity index is 943. The lowest BCUT2D eigenvalue weighted by Gasteiger charge is -2.35. The van der Waals surface area contributed by atoms with E-state index in [0.717, 1.165) is 5.56 Å². The van der Waals surface area contributed by atoms with Gasteiger partial charge >= 0.3 is 0 Å². The van der Waals surface area contributed by atoms with Gasteiger partial charge in [-0.1, -0.05) is 41.9 Å². The standard InChI is InChI=1S/C18H20ClN3O4S/c1-14(15-6-2-3-7-16(15)19)20-10-12-21(13-11-20)27(25,26)18-9-5-4-8-17(18)22(23)24/h2-9,14H,10-13H2,1H3/p+1/t14-/m0/s1. The van der Waals surface area contributed by atoms with E-state index in [1.165, 1.54) is 33.5 Å². The molecule has 0 saturated carbocycles. The number of nitro benzene ring substituents is 1. The second-order valence-corrected chi connectivity index (χ2v) is 8.84. The molecule has 0 bridgehead atoms. The molecule has 0 unspecified atom stereocenters. The third-order valence-corrected chi connectivity index (χ3v) is 7.32. The summed E-state index contributed by atoms with van der Waals surface area (Å²) >= 11 is 6.28. The van der Waals surface area contributed by atoms with Gasteiger partial charge < -0.3 is 4.90 Å². The molecule has 0 aliphatic carbocycles. The molecule has 1 aliphatic heterocycles. The van der Waals surface area contributed by atoms with Crippen molar-refractivity contribution in [2.24, 2.45) is 0 Å². The van der Waals surface area contributed by atoms with Gasteiger partial charge in [0.2, 0.25) is 10.0 Å². The highest BCUT2D eigenvalue weighted by atomic mass is 35.5. The molecule has 1 heterocycles. The number of piperazine rings is 1.